The van der Waals surface area contributed by atoms with Crippen LogP contribution in [0.25, 0.3) is 0 Å². The van der Waals surface area contributed by atoms with Crippen LogP contribution in [0.5, 0.6) is 0 Å². The van der Waals surface area contributed by atoms with Gasteiger partial charge in [-0.2, -0.15) is 15.3 Å². The molecule has 0 bridgehead atoms. The Balaban J connectivity index is 1.47. The largest absolute Gasteiger partial charge is 0.297 e. The van der Waals surface area contributed by atoms with Gasteiger partial charge in [-0.1, -0.05) is 60.7 Å². The lowest BCUT2D eigenvalue weighted by Crippen LogP contribution is -2.30. The van der Waals surface area contributed by atoms with E-state index in [0.717, 1.165) is 69.2 Å². The van der Waals surface area contributed by atoms with Crippen molar-refractivity contribution in [2.75, 3.05) is 39.3 Å². The van der Waals surface area contributed by atoms with Gasteiger partial charge in [0.1, 0.15) is 0 Å². The number of hydrogen-bond donors (Lipinski definition) is 0. The summed E-state index contributed by atoms with van der Waals surface area (Å²) in [5.41, 5.74) is 5.78. The van der Waals surface area contributed by atoms with Gasteiger partial charge in [0, 0.05) is 52.1 Å². The molecule has 0 N–H and O–H groups in total. The van der Waals surface area contributed by atoms with Crippen LogP contribution < -0.4 is 0 Å². The zero-order valence-corrected chi connectivity index (χ0v) is 23.0. The summed E-state index contributed by atoms with van der Waals surface area (Å²) in [6, 6.07) is 21.4. The second-order valence-electron chi connectivity index (χ2n) is 10.9. The van der Waals surface area contributed by atoms with Crippen molar-refractivity contribution in [3.63, 3.8) is 0 Å². The lowest BCUT2D eigenvalue weighted by Gasteiger charge is -2.27. The van der Waals surface area contributed by atoms with Gasteiger partial charge in [-0.15, -0.1) is 0 Å². The van der Waals surface area contributed by atoms with Gasteiger partial charge in [0.05, 0.1) is 17.1 Å². The maximum absolute atomic E-state index is 5.30. The van der Waals surface area contributed by atoms with Crippen LogP contribution in [0.2, 0.25) is 0 Å². The van der Waals surface area contributed by atoms with Crippen molar-refractivity contribution < 1.29 is 0 Å². The van der Waals surface area contributed by atoms with Crippen molar-refractivity contribution >= 4 is 17.1 Å². The molecule has 0 aliphatic carbocycles. The molecule has 38 heavy (non-hydrogen) atoms. The number of benzene rings is 2. The number of piperidine rings is 3. The third-order valence-corrected chi connectivity index (χ3v) is 7.76. The van der Waals surface area contributed by atoms with Crippen LogP contribution in [0.15, 0.2) is 76.0 Å². The van der Waals surface area contributed by atoms with E-state index >= 15 is 0 Å². The van der Waals surface area contributed by atoms with Crippen molar-refractivity contribution in [1.29, 1.82) is 0 Å². The van der Waals surface area contributed by atoms with E-state index in [1.165, 1.54) is 68.9 Å². The average Bonchev–Trinajstić information content (AvgIpc) is 2.99. The zero-order valence-electron chi connectivity index (χ0n) is 23.0. The van der Waals surface area contributed by atoms with Crippen LogP contribution in [0.1, 0.15) is 81.8 Å². The standard InChI is InChI=1S/C32H44N6/c1-6-16-28(17-7-1)31(34-37-22-12-4-13-23-37)26-30(33-36-20-10-3-11-21-36)27-32(29-18-8-2-9-19-29)35-38-24-14-5-15-25-38/h1-2,6-9,16-19H,3-5,10-15,20-27H2/b34-31+,35-32+. The minimum Gasteiger partial charge on any atom is -0.297 e. The minimum absolute atomic E-state index is 0.739. The van der Waals surface area contributed by atoms with Crippen molar-refractivity contribution in [3.8, 4) is 0 Å². The van der Waals surface area contributed by atoms with Gasteiger partial charge in [0.15, 0.2) is 0 Å². The Morgan fingerprint density at radius 2 is 0.789 bits per heavy atom. The first kappa shape index (κ1) is 26.5. The molecule has 0 aromatic heterocycles. The molecule has 2 aromatic rings. The van der Waals surface area contributed by atoms with Crippen molar-refractivity contribution in [2.24, 2.45) is 15.3 Å². The summed E-state index contributed by atoms with van der Waals surface area (Å²) in [5, 5.41) is 22.6. The lowest BCUT2D eigenvalue weighted by molar-refractivity contribution is 0.237. The average molecular weight is 513 g/mol. The fraction of sp³-hybridized carbons (Fsp3) is 0.531. The highest BCUT2D eigenvalue weighted by atomic mass is 15.5. The maximum Gasteiger partial charge on any atom is 0.0734 e. The molecule has 3 heterocycles. The molecule has 3 aliphatic rings. The molecule has 3 saturated heterocycles. The van der Waals surface area contributed by atoms with Gasteiger partial charge in [0.25, 0.3) is 0 Å². The van der Waals surface area contributed by atoms with Crippen molar-refractivity contribution in [2.45, 2.75) is 70.6 Å². The molecular weight excluding hydrogens is 468 g/mol. The van der Waals surface area contributed by atoms with Crippen LogP contribution in [-0.4, -0.2) is 71.4 Å². The van der Waals surface area contributed by atoms with Gasteiger partial charge in [-0.3, -0.25) is 15.0 Å². The number of hydrogen-bond acceptors (Lipinski definition) is 6. The summed E-state index contributed by atoms with van der Waals surface area (Å²) >= 11 is 0. The normalized spacial score (nSPS) is 19.4. The molecule has 6 nitrogen and oxygen atoms in total. The fourth-order valence-electron chi connectivity index (χ4n) is 5.64. The van der Waals surface area contributed by atoms with Crippen LogP contribution in [0.3, 0.4) is 0 Å². The van der Waals surface area contributed by atoms with E-state index in [2.05, 4.69) is 75.7 Å². The second-order valence-corrected chi connectivity index (χ2v) is 10.9. The van der Waals surface area contributed by atoms with E-state index in [4.69, 9.17) is 15.3 Å². The van der Waals surface area contributed by atoms with Crippen LogP contribution in [0.4, 0.5) is 0 Å². The molecular formula is C32H44N6. The first-order chi connectivity index (χ1) is 18.8. The maximum atomic E-state index is 5.30. The smallest absolute Gasteiger partial charge is 0.0734 e. The van der Waals surface area contributed by atoms with Gasteiger partial charge < -0.3 is 0 Å². The van der Waals surface area contributed by atoms with Gasteiger partial charge >= 0.3 is 0 Å². The van der Waals surface area contributed by atoms with Gasteiger partial charge in [0.2, 0.25) is 0 Å². The van der Waals surface area contributed by atoms with Crippen molar-refractivity contribution in [3.05, 3.63) is 71.8 Å². The molecule has 202 valence electrons. The number of nitrogens with zero attached hydrogens (tertiary/aromatic N) is 6. The molecule has 0 spiro atoms. The zero-order chi connectivity index (χ0) is 25.8. The Bertz CT molecular complexity index is 984. The quantitative estimate of drug-likeness (QED) is 0.366. The second kappa shape index (κ2) is 14.1. The van der Waals surface area contributed by atoms with E-state index < -0.39 is 0 Å². The summed E-state index contributed by atoms with van der Waals surface area (Å²) < 4.78 is 0. The summed E-state index contributed by atoms with van der Waals surface area (Å²) in [6.07, 6.45) is 12.7. The third kappa shape index (κ3) is 7.92. The fourth-order valence-corrected chi connectivity index (χ4v) is 5.64. The first-order valence-corrected chi connectivity index (χ1v) is 14.9. The van der Waals surface area contributed by atoms with E-state index in [0.29, 0.717) is 0 Å². The molecule has 3 fully saturated rings. The number of hydrazone groups is 3. The Morgan fingerprint density at radius 1 is 0.447 bits per heavy atom. The molecule has 0 amide bonds. The Kier molecular flexibility index (Phi) is 9.84. The van der Waals surface area contributed by atoms with E-state index in [1.54, 1.807) is 0 Å². The monoisotopic (exact) mass is 512 g/mol. The Labute approximate surface area is 229 Å². The Morgan fingerprint density at radius 3 is 1.16 bits per heavy atom. The van der Waals surface area contributed by atoms with Crippen LogP contribution in [-0.2, 0) is 0 Å². The molecule has 3 aliphatic heterocycles. The first-order valence-electron chi connectivity index (χ1n) is 14.9. The highest BCUT2D eigenvalue weighted by Crippen LogP contribution is 2.18. The van der Waals surface area contributed by atoms with Crippen LogP contribution >= 0.6 is 0 Å². The van der Waals surface area contributed by atoms with Gasteiger partial charge in [-0.05, 0) is 68.9 Å². The topological polar surface area (TPSA) is 46.8 Å². The van der Waals surface area contributed by atoms with Crippen molar-refractivity contribution in [1.82, 2.24) is 15.0 Å². The number of rotatable bonds is 9. The molecule has 0 atom stereocenters. The van der Waals surface area contributed by atoms with E-state index in [9.17, 15) is 0 Å². The summed E-state index contributed by atoms with van der Waals surface area (Å²) in [6.45, 7) is 6.25. The third-order valence-electron chi connectivity index (χ3n) is 7.76. The van der Waals surface area contributed by atoms with E-state index in [-0.39, 0.29) is 0 Å². The molecule has 6 heteroatoms. The minimum atomic E-state index is 0.739. The van der Waals surface area contributed by atoms with E-state index in [1.807, 2.05) is 0 Å². The van der Waals surface area contributed by atoms with Gasteiger partial charge in [-0.25, -0.2) is 0 Å². The molecule has 0 unspecified atom stereocenters. The highest BCUT2D eigenvalue weighted by molar-refractivity contribution is 6.19. The predicted octanol–water partition coefficient (Wildman–Crippen LogP) is 6.39. The predicted molar refractivity (Wildman–Crippen MR) is 159 cm³/mol. The Hall–Kier alpha value is -3.15. The molecule has 0 saturated carbocycles. The summed E-state index contributed by atoms with van der Waals surface area (Å²) in [4.78, 5) is 0. The molecule has 0 radical (unpaired) electrons. The molecule has 2 aromatic carbocycles. The summed E-state index contributed by atoms with van der Waals surface area (Å²) in [7, 11) is 0. The SMILES string of the molecule is c1ccc(/C(CC(C/C(=N\N2CCCCC2)c2ccccc2)=NN2CCCCC2)=N/N2CCCCC2)cc1. The molecule has 5 rings (SSSR count). The summed E-state index contributed by atoms with van der Waals surface area (Å²) in [5.74, 6) is 0. The van der Waals surface area contributed by atoms with Crippen LogP contribution in [0, 0.1) is 0 Å². The lowest BCUT2D eigenvalue weighted by atomic mass is 9.98. The highest BCUT2D eigenvalue weighted by Gasteiger charge is 2.19.